The monoisotopic (exact) mass is 374 g/mol. The van der Waals surface area contributed by atoms with Crippen LogP contribution in [0.4, 0.5) is 4.39 Å². The smallest absolute Gasteiger partial charge is 0.191 e. The number of halogens is 1. The lowest BCUT2D eigenvalue weighted by Crippen LogP contribution is -2.61. The van der Waals surface area contributed by atoms with Gasteiger partial charge in [0.1, 0.15) is 18.3 Å². The van der Waals surface area contributed by atoms with Gasteiger partial charge in [0.05, 0.1) is 13.2 Å². The first-order valence-corrected chi connectivity index (χ1v) is 9.06. The summed E-state index contributed by atoms with van der Waals surface area (Å²) in [6.07, 6.45) is -4.91. The second-order valence-corrected chi connectivity index (χ2v) is 6.66. The third-order valence-corrected chi connectivity index (χ3v) is 4.85. The molecule has 6 heteroatoms. The largest absolute Gasteiger partial charge is 0.367 e. The SMILES string of the molecule is CO[C@@H]1O[C@@H]2COC(c3ccccc3)O[C@H]2[C@H](OCc2ccccc2)[C@@H]1F. The second kappa shape index (κ2) is 8.46. The molecule has 0 aliphatic carbocycles. The van der Waals surface area contributed by atoms with Crippen molar-refractivity contribution in [3.8, 4) is 0 Å². The molecular weight excluding hydrogens is 351 g/mol. The summed E-state index contributed by atoms with van der Waals surface area (Å²) in [7, 11) is 1.42. The molecular formula is C21H23FO5. The molecule has 2 aliphatic rings. The van der Waals surface area contributed by atoms with Crippen molar-refractivity contribution in [1.29, 1.82) is 0 Å². The molecule has 0 saturated carbocycles. The zero-order chi connectivity index (χ0) is 18.6. The van der Waals surface area contributed by atoms with Gasteiger partial charge in [-0.25, -0.2) is 4.39 Å². The van der Waals surface area contributed by atoms with E-state index in [0.29, 0.717) is 0 Å². The van der Waals surface area contributed by atoms with E-state index < -0.39 is 37.1 Å². The van der Waals surface area contributed by atoms with Gasteiger partial charge < -0.3 is 23.7 Å². The van der Waals surface area contributed by atoms with Crippen molar-refractivity contribution in [3.05, 3.63) is 71.8 Å². The van der Waals surface area contributed by atoms with Crippen LogP contribution in [-0.4, -0.2) is 44.5 Å². The van der Waals surface area contributed by atoms with Gasteiger partial charge >= 0.3 is 0 Å². The molecule has 27 heavy (non-hydrogen) atoms. The summed E-state index contributed by atoms with van der Waals surface area (Å²) in [5.74, 6) is 0. The molecule has 0 bridgehead atoms. The molecule has 2 aromatic rings. The number of rotatable bonds is 5. The Balaban J connectivity index is 1.51. The normalized spacial score (nSPS) is 33.4. The van der Waals surface area contributed by atoms with Crippen LogP contribution in [0.5, 0.6) is 0 Å². The summed E-state index contributed by atoms with van der Waals surface area (Å²) < 4.78 is 43.7. The fraction of sp³-hybridized carbons (Fsp3) is 0.429. The summed E-state index contributed by atoms with van der Waals surface area (Å²) >= 11 is 0. The first-order valence-electron chi connectivity index (χ1n) is 9.06. The molecule has 6 atom stereocenters. The lowest BCUT2D eigenvalue weighted by atomic mass is 9.98. The summed E-state index contributed by atoms with van der Waals surface area (Å²) in [6, 6.07) is 19.2. The molecule has 0 amide bonds. The molecule has 2 heterocycles. The highest BCUT2D eigenvalue weighted by Crippen LogP contribution is 2.36. The van der Waals surface area contributed by atoms with Gasteiger partial charge in [-0.3, -0.25) is 0 Å². The Kier molecular flexibility index (Phi) is 5.80. The average molecular weight is 374 g/mol. The molecule has 144 valence electrons. The van der Waals surface area contributed by atoms with Crippen LogP contribution in [0.2, 0.25) is 0 Å². The molecule has 2 fully saturated rings. The van der Waals surface area contributed by atoms with Gasteiger partial charge in [-0.05, 0) is 5.56 Å². The van der Waals surface area contributed by atoms with Gasteiger partial charge in [0, 0.05) is 12.7 Å². The molecule has 0 spiro atoms. The zero-order valence-corrected chi connectivity index (χ0v) is 15.1. The van der Waals surface area contributed by atoms with Gasteiger partial charge in [-0.15, -0.1) is 0 Å². The lowest BCUT2D eigenvalue weighted by molar-refractivity contribution is -0.356. The van der Waals surface area contributed by atoms with Crippen LogP contribution in [0.25, 0.3) is 0 Å². The third kappa shape index (κ3) is 4.05. The van der Waals surface area contributed by atoms with E-state index in [0.717, 1.165) is 11.1 Å². The minimum atomic E-state index is -1.46. The fourth-order valence-corrected chi connectivity index (χ4v) is 3.46. The summed E-state index contributed by atoms with van der Waals surface area (Å²) in [5, 5.41) is 0. The molecule has 2 aliphatic heterocycles. The molecule has 0 aromatic heterocycles. The minimum Gasteiger partial charge on any atom is -0.367 e. The summed E-state index contributed by atoms with van der Waals surface area (Å²) in [6.45, 7) is 0.563. The van der Waals surface area contributed by atoms with E-state index in [1.165, 1.54) is 7.11 Å². The van der Waals surface area contributed by atoms with Crippen LogP contribution in [0.15, 0.2) is 60.7 Å². The molecule has 5 nitrogen and oxygen atoms in total. The van der Waals surface area contributed by atoms with Crippen LogP contribution in [0, 0.1) is 0 Å². The molecule has 2 saturated heterocycles. The summed E-state index contributed by atoms with van der Waals surface area (Å²) in [4.78, 5) is 0. The number of ether oxygens (including phenoxy) is 5. The predicted molar refractivity (Wildman–Crippen MR) is 95.6 cm³/mol. The van der Waals surface area contributed by atoms with E-state index in [1.54, 1.807) is 0 Å². The first-order chi connectivity index (χ1) is 13.3. The molecule has 2 aromatic carbocycles. The van der Waals surface area contributed by atoms with Crippen molar-refractivity contribution in [3.63, 3.8) is 0 Å². The zero-order valence-electron chi connectivity index (χ0n) is 15.1. The van der Waals surface area contributed by atoms with E-state index >= 15 is 4.39 Å². The van der Waals surface area contributed by atoms with Crippen molar-refractivity contribution in [2.24, 2.45) is 0 Å². The predicted octanol–water partition coefficient (Wildman–Crippen LogP) is 3.40. The number of fused-ring (bicyclic) bond motifs is 1. The minimum absolute atomic E-state index is 0.280. The quantitative estimate of drug-likeness (QED) is 0.803. The first kappa shape index (κ1) is 18.5. The van der Waals surface area contributed by atoms with Crippen LogP contribution < -0.4 is 0 Å². The highest BCUT2D eigenvalue weighted by molar-refractivity contribution is 5.17. The van der Waals surface area contributed by atoms with Crippen LogP contribution in [-0.2, 0) is 30.3 Å². The van der Waals surface area contributed by atoms with Gasteiger partial charge in [0.15, 0.2) is 18.8 Å². The fourth-order valence-electron chi connectivity index (χ4n) is 3.46. The lowest BCUT2D eigenvalue weighted by Gasteiger charge is -2.46. The van der Waals surface area contributed by atoms with E-state index in [2.05, 4.69) is 0 Å². The third-order valence-electron chi connectivity index (χ3n) is 4.85. The molecule has 0 N–H and O–H groups in total. The summed E-state index contributed by atoms with van der Waals surface area (Å²) in [5.41, 5.74) is 1.84. The average Bonchev–Trinajstić information content (AvgIpc) is 2.74. The van der Waals surface area contributed by atoms with Crippen LogP contribution >= 0.6 is 0 Å². The van der Waals surface area contributed by atoms with Crippen LogP contribution in [0.3, 0.4) is 0 Å². The Hall–Kier alpha value is -1.83. The number of benzene rings is 2. The standard InChI is InChI=1S/C21H23FO5/c1-23-21-17(22)19(24-12-14-8-4-2-5-9-14)18-16(26-21)13-25-20(27-18)15-10-6-3-7-11-15/h2-11,16-21H,12-13H2,1H3/t16-,17+,18-,19-,20?,21-/m1/s1. The maximum absolute atomic E-state index is 15.0. The number of hydrogen-bond donors (Lipinski definition) is 0. The maximum atomic E-state index is 15.0. The van der Waals surface area contributed by atoms with Crippen molar-refractivity contribution in [2.75, 3.05) is 13.7 Å². The maximum Gasteiger partial charge on any atom is 0.191 e. The topological polar surface area (TPSA) is 46.2 Å². The number of methoxy groups -OCH3 is 1. The highest BCUT2D eigenvalue weighted by Gasteiger charge is 2.51. The van der Waals surface area contributed by atoms with Gasteiger partial charge in [-0.2, -0.15) is 0 Å². The van der Waals surface area contributed by atoms with E-state index in [1.807, 2.05) is 60.7 Å². The Morgan fingerprint density at radius 1 is 1.00 bits per heavy atom. The van der Waals surface area contributed by atoms with E-state index in [9.17, 15) is 0 Å². The van der Waals surface area contributed by atoms with Gasteiger partial charge in [-0.1, -0.05) is 60.7 Å². The molecule has 1 unspecified atom stereocenters. The molecule has 0 radical (unpaired) electrons. The Morgan fingerprint density at radius 2 is 1.70 bits per heavy atom. The number of alkyl halides is 1. The number of hydrogen-bond acceptors (Lipinski definition) is 5. The van der Waals surface area contributed by atoms with Crippen molar-refractivity contribution in [2.45, 2.75) is 43.7 Å². The Morgan fingerprint density at radius 3 is 2.41 bits per heavy atom. The van der Waals surface area contributed by atoms with Gasteiger partial charge in [0.25, 0.3) is 0 Å². The molecule has 4 rings (SSSR count). The van der Waals surface area contributed by atoms with Gasteiger partial charge in [0.2, 0.25) is 0 Å². The highest BCUT2D eigenvalue weighted by atomic mass is 19.1. The van der Waals surface area contributed by atoms with Crippen molar-refractivity contribution >= 4 is 0 Å². The van der Waals surface area contributed by atoms with Crippen molar-refractivity contribution in [1.82, 2.24) is 0 Å². The van der Waals surface area contributed by atoms with E-state index in [4.69, 9.17) is 23.7 Å². The van der Waals surface area contributed by atoms with E-state index in [-0.39, 0.29) is 13.2 Å². The van der Waals surface area contributed by atoms with Crippen LogP contribution in [0.1, 0.15) is 17.4 Å². The Labute approximate surface area is 157 Å². The van der Waals surface area contributed by atoms with Crippen molar-refractivity contribution < 1.29 is 28.1 Å². The second-order valence-electron chi connectivity index (χ2n) is 6.66. The Bertz CT molecular complexity index is 713.